The highest BCUT2D eigenvalue weighted by Gasteiger charge is 2.28. The Morgan fingerprint density at radius 2 is 2.28 bits per heavy atom. The molecule has 1 aliphatic rings. The van der Waals surface area contributed by atoms with Gasteiger partial charge < -0.3 is 0 Å². The summed E-state index contributed by atoms with van der Waals surface area (Å²) < 4.78 is 13.8. The van der Waals surface area contributed by atoms with Crippen LogP contribution in [-0.4, -0.2) is 6.04 Å². The standard InChI is InChI=1S/C14H20ClFN2/c1-9-2-3-11(6-9)14(18-17)7-10-4-5-12(15)8-13(10)16/h4-5,8-9,11,14,18H,2-3,6-7,17H2,1H3. The molecular weight excluding hydrogens is 251 g/mol. The second-order valence-electron chi connectivity index (χ2n) is 5.39. The Labute approximate surface area is 113 Å². The zero-order valence-corrected chi connectivity index (χ0v) is 11.4. The predicted molar refractivity (Wildman–Crippen MR) is 72.7 cm³/mol. The molecule has 18 heavy (non-hydrogen) atoms. The number of nitrogens with one attached hydrogen (secondary N) is 1. The first-order chi connectivity index (χ1) is 8.60. The summed E-state index contributed by atoms with van der Waals surface area (Å²) in [5, 5.41) is 0.433. The summed E-state index contributed by atoms with van der Waals surface area (Å²) in [4.78, 5) is 0. The Kier molecular flexibility index (Phi) is 4.60. The fraction of sp³-hybridized carbons (Fsp3) is 0.571. The summed E-state index contributed by atoms with van der Waals surface area (Å²) in [6.45, 7) is 2.26. The second kappa shape index (κ2) is 6.00. The first kappa shape index (κ1) is 13.8. The maximum atomic E-state index is 13.8. The summed E-state index contributed by atoms with van der Waals surface area (Å²) >= 11 is 5.75. The molecule has 2 rings (SSSR count). The van der Waals surface area contributed by atoms with Gasteiger partial charge in [-0.3, -0.25) is 11.3 Å². The molecule has 3 N–H and O–H groups in total. The maximum Gasteiger partial charge on any atom is 0.127 e. The molecule has 1 aromatic carbocycles. The van der Waals surface area contributed by atoms with Crippen LogP contribution in [0.15, 0.2) is 18.2 Å². The van der Waals surface area contributed by atoms with E-state index in [-0.39, 0.29) is 11.9 Å². The van der Waals surface area contributed by atoms with E-state index in [4.69, 9.17) is 17.4 Å². The fourth-order valence-corrected chi connectivity index (χ4v) is 3.06. The third-order valence-corrected chi connectivity index (χ3v) is 4.21. The van der Waals surface area contributed by atoms with Gasteiger partial charge >= 0.3 is 0 Å². The molecule has 3 unspecified atom stereocenters. The lowest BCUT2D eigenvalue weighted by Crippen LogP contribution is -2.42. The molecule has 0 aliphatic heterocycles. The van der Waals surface area contributed by atoms with Crippen LogP contribution in [0, 0.1) is 17.7 Å². The Balaban J connectivity index is 2.05. The smallest absolute Gasteiger partial charge is 0.127 e. The first-order valence-electron chi connectivity index (χ1n) is 6.50. The third kappa shape index (κ3) is 3.22. The van der Waals surface area contributed by atoms with E-state index in [1.807, 2.05) is 0 Å². The molecule has 0 spiro atoms. The summed E-state index contributed by atoms with van der Waals surface area (Å²) in [6, 6.07) is 4.98. The van der Waals surface area contributed by atoms with Crippen LogP contribution in [0.2, 0.25) is 5.02 Å². The molecule has 1 fully saturated rings. The minimum Gasteiger partial charge on any atom is -0.271 e. The van der Waals surface area contributed by atoms with E-state index in [1.54, 1.807) is 12.1 Å². The van der Waals surface area contributed by atoms with Gasteiger partial charge in [0.25, 0.3) is 0 Å². The van der Waals surface area contributed by atoms with Crippen LogP contribution >= 0.6 is 11.6 Å². The minimum absolute atomic E-state index is 0.144. The number of hydrazine groups is 1. The Hall–Kier alpha value is -0.640. The van der Waals surface area contributed by atoms with Gasteiger partial charge in [0, 0.05) is 11.1 Å². The van der Waals surface area contributed by atoms with Crippen LogP contribution in [0.1, 0.15) is 31.7 Å². The Bertz CT molecular complexity index is 411. The molecule has 0 aromatic heterocycles. The number of rotatable bonds is 4. The van der Waals surface area contributed by atoms with Crippen LogP contribution in [0.25, 0.3) is 0 Å². The SMILES string of the molecule is CC1CCC(C(Cc2ccc(Cl)cc2F)NN)C1. The number of hydrogen-bond acceptors (Lipinski definition) is 2. The molecule has 1 aliphatic carbocycles. The molecule has 0 amide bonds. The molecule has 2 nitrogen and oxygen atoms in total. The molecule has 3 atom stereocenters. The number of hydrogen-bond donors (Lipinski definition) is 2. The zero-order chi connectivity index (χ0) is 13.1. The highest BCUT2D eigenvalue weighted by Crippen LogP contribution is 2.33. The van der Waals surface area contributed by atoms with E-state index in [2.05, 4.69) is 12.3 Å². The predicted octanol–water partition coefficient (Wildman–Crippen LogP) is 3.29. The fourth-order valence-electron chi connectivity index (χ4n) is 2.90. The largest absolute Gasteiger partial charge is 0.271 e. The van der Waals surface area contributed by atoms with Crippen LogP contribution in [0.4, 0.5) is 4.39 Å². The molecule has 0 bridgehead atoms. The van der Waals surface area contributed by atoms with Gasteiger partial charge in [0.15, 0.2) is 0 Å². The van der Waals surface area contributed by atoms with Crippen molar-refractivity contribution in [2.45, 2.75) is 38.6 Å². The van der Waals surface area contributed by atoms with Gasteiger partial charge in [-0.15, -0.1) is 0 Å². The van der Waals surface area contributed by atoms with Crippen molar-refractivity contribution in [3.05, 3.63) is 34.6 Å². The monoisotopic (exact) mass is 270 g/mol. The second-order valence-corrected chi connectivity index (χ2v) is 5.83. The quantitative estimate of drug-likeness (QED) is 0.651. The van der Waals surface area contributed by atoms with Gasteiger partial charge in [-0.25, -0.2) is 4.39 Å². The molecular formula is C14H20ClFN2. The van der Waals surface area contributed by atoms with Crippen molar-refractivity contribution in [3.63, 3.8) is 0 Å². The molecule has 0 saturated heterocycles. The van der Waals surface area contributed by atoms with E-state index in [1.165, 1.54) is 25.3 Å². The lowest BCUT2D eigenvalue weighted by atomic mass is 9.92. The minimum atomic E-state index is -0.242. The van der Waals surface area contributed by atoms with Gasteiger partial charge in [0.05, 0.1) is 0 Å². The van der Waals surface area contributed by atoms with Crippen molar-refractivity contribution in [2.24, 2.45) is 17.7 Å². The van der Waals surface area contributed by atoms with Crippen molar-refractivity contribution in [1.29, 1.82) is 0 Å². The lowest BCUT2D eigenvalue weighted by molar-refractivity contribution is 0.349. The summed E-state index contributed by atoms with van der Waals surface area (Å²) in [5.74, 6) is 6.68. The van der Waals surface area contributed by atoms with Crippen molar-refractivity contribution in [2.75, 3.05) is 0 Å². The van der Waals surface area contributed by atoms with Gasteiger partial charge in [0.1, 0.15) is 5.82 Å². The van der Waals surface area contributed by atoms with E-state index in [0.29, 0.717) is 22.9 Å². The summed E-state index contributed by atoms with van der Waals surface area (Å²) in [6.07, 6.45) is 4.21. The first-order valence-corrected chi connectivity index (χ1v) is 6.88. The normalized spacial score (nSPS) is 25.3. The van der Waals surface area contributed by atoms with Crippen LogP contribution in [0.5, 0.6) is 0 Å². The Morgan fingerprint density at radius 3 is 2.83 bits per heavy atom. The van der Waals surface area contributed by atoms with Crippen molar-refractivity contribution in [1.82, 2.24) is 5.43 Å². The molecule has 0 radical (unpaired) electrons. The average Bonchev–Trinajstić information content (AvgIpc) is 2.75. The highest BCUT2D eigenvalue weighted by molar-refractivity contribution is 6.30. The van der Waals surface area contributed by atoms with Crippen molar-refractivity contribution >= 4 is 11.6 Å². The molecule has 4 heteroatoms. The van der Waals surface area contributed by atoms with Gasteiger partial charge in [0.2, 0.25) is 0 Å². The number of nitrogens with two attached hydrogens (primary N) is 1. The summed E-state index contributed by atoms with van der Waals surface area (Å²) in [5.41, 5.74) is 3.54. The van der Waals surface area contributed by atoms with Crippen LogP contribution in [0.3, 0.4) is 0 Å². The molecule has 0 heterocycles. The number of benzene rings is 1. The van der Waals surface area contributed by atoms with Gasteiger partial charge in [-0.05, 0) is 48.8 Å². The average molecular weight is 271 g/mol. The van der Waals surface area contributed by atoms with Gasteiger partial charge in [-0.1, -0.05) is 31.0 Å². The van der Waals surface area contributed by atoms with E-state index in [9.17, 15) is 4.39 Å². The third-order valence-electron chi connectivity index (χ3n) is 3.97. The zero-order valence-electron chi connectivity index (χ0n) is 10.6. The van der Waals surface area contributed by atoms with Crippen LogP contribution in [-0.2, 0) is 6.42 Å². The van der Waals surface area contributed by atoms with Gasteiger partial charge in [-0.2, -0.15) is 0 Å². The van der Waals surface area contributed by atoms with Crippen molar-refractivity contribution in [3.8, 4) is 0 Å². The Morgan fingerprint density at radius 1 is 1.50 bits per heavy atom. The summed E-state index contributed by atoms with van der Waals surface area (Å²) in [7, 11) is 0. The highest BCUT2D eigenvalue weighted by atomic mass is 35.5. The van der Waals surface area contributed by atoms with Crippen LogP contribution < -0.4 is 11.3 Å². The maximum absolute atomic E-state index is 13.8. The molecule has 100 valence electrons. The van der Waals surface area contributed by atoms with E-state index >= 15 is 0 Å². The molecule has 1 saturated carbocycles. The number of halogens is 2. The van der Waals surface area contributed by atoms with E-state index < -0.39 is 0 Å². The topological polar surface area (TPSA) is 38.0 Å². The molecule has 1 aromatic rings. The van der Waals surface area contributed by atoms with E-state index in [0.717, 1.165) is 5.92 Å². The van der Waals surface area contributed by atoms with Crippen molar-refractivity contribution < 1.29 is 4.39 Å². The lowest BCUT2D eigenvalue weighted by Gasteiger charge is -2.23.